The second-order valence-electron chi connectivity index (χ2n) is 9.04. The average molecular weight is 377 g/mol. The van der Waals surface area contributed by atoms with Crippen molar-refractivity contribution in [3.8, 4) is 5.75 Å². The predicted molar refractivity (Wildman–Crippen MR) is 109 cm³/mol. The lowest BCUT2D eigenvalue weighted by atomic mass is 9.54. The van der Waals surface area contributed by atoms with E-state index in [9.17, 15) is 9.90 Å². The number of fused-ring (bicyclic) bond motifs is 1. The van der Waals surface area contributed by atoms with Gasteiger partial charge >= 0.3 is 0 Å². The number of nitrogens with zero attached hydrogens (tertiary/aromatic N) is 2. The molecular weight excluding hydrogens is 348 g/mol. The fourth-order valence-corrected chi connectivity index (χ4v) is 5.86. The van der Waals surface area contributed by atoms with Gasteiger partial charge in [-0.15, -0.1) is 0 Å². The van der Waals surface area contributed by atoms with Crippen LogP contribution in [0.15, 0.2) is 42.5 Å². The molecule has 2 aliphatic heterocycles. The molecule has 2 heterocycles. The van der Waals surface area contributed by atoms with E-state index in [4.69, 9.17) is 0 Å². The van der Waals surface area contributed by atoms with Crippen molar-refractivity contribution in [2.75, 3.05) is 20.1 Å². The van der Waals surface area contributed by atoms with E-state index in [1.165, 1.54) is 22.3 Å². The molecule has 5 rings (SSSR count). The van der Waals surface area contributed by atoms with Crippen molar-refractivity contribution in [1.82, 2.24) is 9.80 Å². The van der Waals surface area contributed by atoms with Crippen molar-refractivity contribution in [3.63, 3.8) is 0 Å². The Labute approximate surface area is 166 Å². The lowest BCUT2D eigenvalue weighted by Gasteiger charge is -2.59. The van der Waals surface area contributed by atoms with Crippen LogP contribution in [-0.4, -0.2) is 47.0 Å². The fraction of sp³-hybridized carbons (Fsp3) is 0.458. The normalized spacial score (nSPS) is 29.4. The van der Waals surface area contributed by atoms with Gasteiger partial charge in [-0.05, 0) is 62.2 Å². The predicted octanol–water partition coefficient (Wildman–Crippen LogP) is 3.25. The summed E-state index contributed by atoms with van der Waals surface area (Å²) >= 11 is 0. The van der Waals surface area contributed by atoms with Gasteiger partial charge in [0.05, 0.1) is 0 Å². The molecule has 2 aromatic rings. The topological polar surface area (TPSA) is 43.8 Å². The Balaban J connectivity index is 1.51. The highest BCUT2D eigenvalue weighted by molar-refractivity contribution is 5.80. The Morgan fingerprint density at radius 3 is 2.75 bits per heavy atom. The first-order valence-electron chi connectivity index (χ1n) is 10.3. The molecular formula is C24H28N2O2. The zero-order valence-electron chi connectivity index (χ0n) is 16.7. The maximum absolute atomic E-state index is 13.2. The number of hydrogen-bond acceptors (Lipinski definition) is 3. The van der Waals surface area contributed by atoms with Crippen LogP contribution in [0.4, 0.5) is 0 Å². The van der Waals surface area contributed by atoms with Gasteiger partial charge in [-0.2, -0.15) is 0 Å². The Bertz CT molecular complexity index is 923. The highest BCUT2D eigenvalue weighted by Gasteiger charge is 2.56. The summed E-state index contributed by atoms with van der Waals surface area (Å²) in [6.45, 7) is 4.60. The van der Waals surface area contributed by atoms with E-state index >= 15 is 0 Å². The molecule has 1 aliphatic carbocycles. The van der Waals surface area contributed by atoms with E-state index in [-0.39, 0.29) is 11.3 Å². The Hall–Kier alpha value is -2.33. The van der Waals surface area contributed by atoms with Crippen molar-refractivity contribution in [3.05, 3.63) is 64.7 Å². The van der Waals surface area contributed by atoms with Gasteiger partial charge in [0.25, 0.3) is 0 Å². The van der Waals surface area contributed by atoms with Crippen molar-refractivity contribution >= 4 is 5.91 Å². The molecule has 2 aromatic carbocycles. The molecule has 4 nitrogen and oxygen atoms in total. The smallest absolute Gasteiger partial charge is 0.223 e. The molecule has 0 aromatic heterocycles. The number of likely N-dealkylation sites (N-methyl/N-ethyl adjacent to an activating group) is 1. The molecule has 0 spiro atoms. The summed E-state index contributed by atoms with van der Waals surface area (Å²) < 4.78 is 0. The van der Waals surface area contributed by atoms with Gasteiger partial charge in [0, 0.05) is 36.9 Å². The number of carbonyl (C=O) groups is 1. The number of carbonyl (C=O) groups excluding carboxylic acids is 1. The quantitative estimate of drug-likeness (QED) is 0.875. The number of aromatic hydroxyl groups is 1. The summed E-state index contributed by atoms with van der Waals surface area (Å²) in [6.07, 6.45) is 2.56. The fourth-order valence-electron chi connectivity index (χ4n) is 5.86. The van der Waals surface area contributed by atoms with Crippen LogP contribution in [0.2, 0.25) is 0 Å². The highest BCUT2D eigenvalue weighted by Crippen LogP contribution is 2.53. The highest BCUT2D eigenvalue weighted by atomic mass is 16.3. The first-order chi connectivity index (χ1) is 13.5. The third kappa shape index (κ3) is 2.66. The van der Waals surface area contributed by atoms with Crippen LogP contribution < -0.4 is 0 Å². The molecule has 1 N–H and O–H groups in total. The van der Waals surface area contributed by atoms with E-state index < -0.39 is 0 Å². The largest absolute Gasteiger partial charge is 0.508 e. The molecule has 2 fully saturated rings. The van der Waals surface area contributed by atoms with Gasteiger partial charge in [-0.1, -0.05) is 35.9 Å². The second-order valence-corrected chi connectivity index (χ2v) is 9.04. The number of piperidine rings is 2. The Morgan fingerprint density at radius 2 is 1.96 bits per heavy atom. The molecule has 2 saturated heterocycles. The zero-order valence-corrected chi connectivity index (χ0v) is 16.7. The molecule has 0 unspecified atom stereocenters. The first-order valence-corrected chi connectivity index (χ1v) is 10.3. The lowest BCUT2D eigenvalue weighted by molar-refractivity contribution is -0.144. The summed E-state index contributed by atoms with van der Waals surface area (Å²) in [4.78, 5) is 17.8. The average Bonchev–Trinajstić information content (AvgIpc) is 2.68. The number of hydrogen-bond donors (Lipinski definition) is 1. The third-order valence-corrected chi connectivity index (χ3v) is 7.44. The molecule has 3 atom stereocenters. The van der Waals surface area contributed by atoms with Gasteiger partial charge in [-0.3, -0.25) is 4.79 Å². The number of rotatable bonds is 2. The van der Waals surface area contributed by atoms with Gasteiger partial charge in [0.2, 0.25) is 5.91 Å². The Morgan fingerprint density at radius 1 is 1.18 bits per heavy atom. The van der Waals surface area contributed by atoms with E-state index in [2.05, 4.69) is 54.1 Å². The van der Waals surface area contributed by atoms with Gasteiger partial charge < -0.3 is 14.9 Å². The van der Waals surface area contributed by atoms with E-state index in [0.29, 0.717) is 30.7 Å². The zero-order chi connectivity index (χ0) is 19.5. The van der Waals surface area contributed by atoms with Crippen LogP contribution in [0.5, 0.6) is 5.75 Å². The number of amides is 1. The maximum atomic E-state index is 13.2. The van der Waals surface area contributed by atoms with Crippen molar-refractivity contribution in [1.29, 1.82) is 0 Å². The van der Waals surface area contributed by atoms with Crippen LogP contribution in [-0.2, 0) is 23.2 Å². The minimum absolute atomic E-state index is 0.121. The number of phenols is 1. The second kappa shape index (κ2) is 6.35. The number of phenolic OH excluding ortho intramolecular Hbond substituents is 1. The minimum atomic E-state index is -0.121. The van der Waals surface area contributed by atoms with Crippen molar-refractivity contribution < 1.29 is 9.90 Å². The van der Waals surface area contributed by atoms with E-state index in [0.717, 1.165) is 25.9 Å². The Kier molecular flexibility index (Phi) is 4.02. The number of benzene rings is 2. The molecule has 28 heavy (non-hydrogen) atoms. The number of aryl methyl sites for hydroxylation is 1. The SMILES string of the molecule is Cc1ccc(CN2C[C@H]3[C@H]4Cc5ccc(O)cc5[C@@]3(CCN4C)CC2=O)cc1. The first kappa shape index (κ1) is 17.7. The van der Waals surface area contributed by atoms with Gasteiger partial charge in [0.1, 0.15) is 5.75 Å². The lowest BCUT2D eigenvalue weighted by Crippen LogP contribution is -2.65. The molecule has 1 amide bonds. The molecule has 0 radical (unpaired) electrons. The summed E-state index contributed by atoms with van der Waals surface area (Å²) in [5, 5.41) is 10.2. The van der Waals surface area contributed by atoms with Crippen LogP contribution in [0.1, 0.15) is 35.1 Å². The van der Waals surface area contributed by atoms with E-state index in [1.807, 2.05) is 6.07 Å². The van der Waals surface area contributed by atoms with Crippen LogP contribution in [0.25, 0.3) is 0 Å². The van der Waals surface area contributed by atoms with Crippen LogP contribution in [0.3, 0.4) is 0 Å². The summed E-state index contributed by atoms with van der Waals surface area (Å²) in [7, 11) is 2.22. The third-order valence-electron chi connectivity index (χ3n) is 7.44. The van der Waals surface area contributed by atoms with Gasteiger partial charge in [-0.25, -0.2) is 0 Å². The summed E-state index contributed by atoms with van der Waals surface area (Å²) in [6, 6.07) is 14.8. The standard InChI is InChI=1S/C24H28N2O2/c1-16-3-5-17(6-4-16)14-26-15-21-22-11-18-7-8-19(27)12-20(18)24(21,13-23(26)28)9-10-25(22)2/h3-8,12,21-22,27H,9-11,13-15H2,1-2H3/t21-,22+,24+/m0/s1. The maximum Gasteiger partial charge on any atom is 0.223 e. The monoisotopic (exact) mass is 376 g/mol. The summed E-state index contributed by atoms with van der Waals surface area (Å²) in [5.41, 5.74) is 4.86. The molecule has 4 heteroatoms. The molecule has 0 saturated carbocycles. The minimum Gasteiger partial charge on any atom is -0.508 e. The van der Waals surface area contributed by atoms with E-state index in [1.54, 1.807) is 6.07 Å². The molecule has 2 bridgehead atoms. The van der Waals surface area contributed by atoms with Crippen molar-refractivity contribution in [2.24, 2.45) is 5.92 Å². The van der Waals surface area contributed by atoms with Crippen LogP contribution in [0, 0.1) is 12.8 Å². The molecule has 3 aliphatic rings. The number of likely N-dealkylation sites (tertiary alicyclic amines) is 2. The summed E-state index contributed by atoms with van der Waals surface area (Å²) in [5.74, 6) is 0.985. The molecule has 146 valence electrons. The van der Waals surface area contributed by atoms with Gasteiger partial charge in [0.15, 0.2) is 0 Å². The van der Waals surface area contributed by atoms with Crippen molar-refractivity contribution in [2.45, 2.75) is 44.2 Å². The van der Waals surface area contributed by atoms with Crippen LogP contribution >= 0.6 is 0 Å².